The standard InChI is InChI=1S/C15H26N4O3S.ClH/c1-15(2,7-10-23(3,21)22)17-14(20)13-6-9-19(18-13)12-5-4-8-16-11-12;/h6,9,12,16H,4-5,7-8,10-11H2,1-3H3,(H,17,20);1H. The molecular formula is C15H27ClN4O3S. The molecule has 1 amide bonds. The summed E-state index contributed by atoms with van der Waals surface area (Å²) >= 11 is 0. The summed E-state index contributed by atoms with van der Waals surface area (Å²) in [5.41, 5.74) is -0.237. The van der Waals surface area contributed by atoms with Crippen molar-refractivity contribution in [1.29, 1.82) is 0 Å². The van der Waals surface area contributed by atoms with Crippen LogP contribution in [-0.4, -0.2) is 54.7 Å². The topological polar surface area (TPSA) is 93.1 Å². The number of carbonyl (C=O) groups excluding carboxylic acids is 1. The maximum atomic E-state index is 12.3. The van der Waals surface area contributed by atoms with Crippen LogP contribution in [0.15, 0.2) is 12.3 Å². The smallest absolute Gasteiger partial charge is 0.272 e. The molecule has 0 spiro atoms. The second-order valence-corrected chi connectivity index (χ2v) is 9.16. The fourth-order valence-corrected chi connectivity index (χ4v) is 3.48. The van der Waals surface area contributed by atoms with Gasteiger partial charge in [0.2, 0.25) is 0 Å². The van der Waals surface area contributed by atoms with Gasteiger partial charge in [-0.05, 0) is 45.7 Å². The lowest BCUT2D eigenvalue weighted by Gasteiger charge is -2.25. The van der Waals surface area contributed by atoms with Crippen LogP contribution in [0.5, 0.6) is 0 Å². The molecule has 9 heteroatoms. The van der Waals surface area contributed by atoms with Crippen molar-refractivity contribution in [1.82, 2.24) is 20.4 Å². The van der Waals surface area contributed by atoms with E-state index in [2.05, 4.69) is 15.7 Å². The van der Waals surface area contributed by atoms with Crippen LogP contribution in [0.3, 0.4) is 0 Å². The Hall–Kier alpha value is -1.12. The number of rotatable bonds is 6. The highest BCUT2D eigenvalue weighted by Crippen LogP contribution is 2.16. The third-order valence-electron chi connectivity index (χ3n) is 4.04. The van der Waals surface area contributed by atoms with E-state index in [1.165, 1.54) is 6.26 Å². The van der Waals surface area contributed by atoms with Gasteiger partial charge in [0.25, 0.3) is 5.91 Å². The van der Waals surface area contributed by atoms with Crippen LogP contribution in [0.4, 0.5) is 0 Å². The van der Waals surface area contributed by atoms with Crippen molar-refractivity contribution in [2.75, 3.05) is 25.1 Å². The molecular weight excluding hydrogens is 352 g/mol. The van der Waals surface area contributed by atoms with Crippen molar-refractivity contribution in [2.45, 2.75) is 44.7 Å². The largest absolute Gasteiger partial charge is 0.346 e. The van der Waals surface area contributed by atoms with Gasteiger partial charge in [-0.25, -0.2) is 8.42 Å². The third-order valence-corrected chi connectivity index (χ3v) is 4.98. The van der Waals surface area contributed by atoms with E-state index in [9.17, 15) is 13.2 Å². The lowest BCUT2D eigenvalue weighted by molar-refractivity contribution is 0.0905. The van der Waals surface area contributed by atoms with E-state index in [4.69, 9.17) is 0 Å². The fourth-order valence-electron chi connectivity index (χ4n) is 2.60. The highest BCUT2D eigenvalue weighted by Gasteiger charge is 2.24. The van der Waals surface area contributed by atoms with Crippen LogP contribution in [0, 0.1) is 0 Å². The molecule has 1 atom stereocenters. The van der Waals surface area contributed by atoms with Gasteiger partial charge >= 0.3 is 0 Å². The molecule has 1 aromatic rings. The summed E-state index contributed by atoms with van der Waals surface area (Å²) in [6.07, 6.45) is 5.55. The molecule has 0 aliphatic carbocycles. The van der Waals surface area contributed by atoms with E-state index in [0.717, 1.165) is 25.9 Å². The molecule has 0 aromatic carbocycles. The van der Waals surface area contributed by atoms with Crippen LogP contribution in [-0.2, 0) is 9.84 Å². The first-order valence-corrected chi connectivity index (χ1v) is 9.98. The molecule has 1 aliphatic heterocycles. The number of aromatic nitrogens is 2. The van der Waals surface area contributed by atoms with Crippen molar-refractivity contribution in [3.8, 4) is 0 Å². The SMILES string of the molecule is CC(C)(CCS(C)(=O)=O)NC(=O)c1ccn(C2CCCNC2)n1.Cl. The Morgan fingerprint density at radius 2 is 2.21 bits per heavy atom. The summed E-state index contributed by atoms with van der Waals surface area (Å²) < 4.78 is 24.4. The van der Waals surface area contributed by atoms with Crippen LogP contribution < -0.4 is 10.6 Å². The summed E-state index contributed by atoms with van der Waals surface area (Å²) in [5.74, 6) is -0.228. The Kier molecular flexibility index (Phi) is 7.25. The fraction of sp³-hybridized carbons (Fsp3) is 0.733. The number of hydrogen-bond acceptors (Lipinski definition) is 5. The second-order valence-electron chi connectivity index (χ2n) is 6.90. The average molecular weight is 379 g/mol. The van der Waals surface area contributed by atoms with Gasteiger partial charge < -0.3 is 10.6 Å². The van der Waals surface area contributed by atoms with Crippen LogP contribution in [0.25, 0.3) is 0 Å². The second kappa shape index (κ2) is 8.31. The lowest BCUT2D eigenvalue weighted by atomic mass is 10.0. The van der Waals surface area contributed by atoms with Crippen molar-refractivity contribution in [2.24, 2.45) is 0 Å². The third kappa shape index (κ3) is 6.41. The molecule has 1 aliphatic rings. The summed E-state index contributed by atoms with van der Waals surface area (Å²) in [7, 11) is -3.05. The molecule has 24 heavy (non-hydrogen) atoms. The molecule has 0 saturated carbocycles. The van der Waals surface area contributed by atoms with E-state index < -0.39 is 15.4 Å². The highest BCUT2D eigenvalue weighted by molar-refractivity contribution is 7.90. The predicted molar refractivity (Wildman–Crippen MR) is 96.5 cm³/mol. The van der Waals surface area contributed by atoms with E-state index in [1.54, 1.807) is 6.07 Å². The normalized spacial score (nSPS) is 18.7. The molecule has 138 valence electrons. The molecule has 0 bridgehead atoms. The number of hydrogen-bond donors (Lipinski definition) is 2. The van der Waals surface area contributed by atoms with Gasteiger partial charge in [-0.3, -0.25) is 9.48 Å². The maximum Gasteiger partial charge on any atom is 0.272 e. The summed E-state index contributed by atoms with van der Waals surface area (Å²) in [6, 6.07) is 1.99. The van der Waals surface area contributed by atoms with Gasteiger partial charge in [0.05, 0.1) is 11.8 Å². The molecule has 2 rings (SSSR count). The molecule has 1 saturated heterocycles. The lowest BCUT2D eigenvalue weighted by Crippen LogP contribution is -2.44. The van der Waals surface area contributed by atoms with Crippen molar-refractivity contribution < 1.29 is 13.2 Å². The molecule has 1 aromatic heterocycles. The highest BCUT2D eigenvalue weighted by atomic mass is 35.5. The number of nitrogens with zero attached hydrogens (tertiary/aromatic N) is 2. The summed E-state index contributed by atoms with van der Waals surface area (Å²) in [5, 5.41) is 10.6. The van der Waals surface area contributed by atoms with Crippen LogP contribution in [0.2, 0.25) is 0 Å². The number of amides is 1. The van der Waals surface area contributed by atoms with Gasteiger partial charge in [-0.2, -0.15) is 5.10 Å². The quantitative estimate of drug-likeness (QED) is 0.775. The van der Waals surface area contributed by atoms with Crippen molar-refractivity contribution in [3.63, 3.8) is 0 Å². The molecule has 1 fully saturated rings. The monoisotopic (exact) mass is 378 g/mol. The molecule has 1 unspecified atom stereocenters. The van der Waals surface area contributed by atoms with Crippen LogP contribution >= 0.6 is 12.4 Å². The number of sulfone groups is 1. The summed E-state index contributed by atoms with van der Waals surface area (Å²) in [6.45, 7) is 5.53. The zero-order valence-electron chi connectivity index (χ0n) is 14.4. The Morgan fingerprint density at radius 1 is 1.50 bits per heavy atom. The number of piperidine rings is 1. The minimum absolute atomic E-state index is 0. The minimum atomic E-state index is -3.05. The number of halogens is 1. The van der Waals surface area contributed by atoms with Gasteiger partial charge in [0, 0.05) is 24.5 Å². The average Bonchev–Trinajstić information content (AvgIpc) is 2.95. The zero-order chi connectivity index (χ0) is 17.1. The Balaban J connectivity index is 0.00000288. The molecule has 2 N–H and O–H groups in total. The van der Waals surface area contributed by atoms with E-state index in [-0.39, 0.29) is 30.1 Å². The number of nitrogens with one attached hydrogen (secondary N) is 2. The summed E-state index contributed by atoms with van der Waals surface area (Å²) in [4.78, 5) is 12.3. The van der Waals surface area contributed by atoms with Crippen molar-refractivity contribution >= 4 is 28.2 Å². The predicted octanol–water partition coefficient (Wildman–Crippen LogP) is 1.17. The van der Waals surface area contributed by atoms with Crippen LogP contribution in [0.1, 0.15) is 49.6 Å². The minimum Gasteiger partial charge on any atom is -0.346 e. The molecule has 2 heterocycles. The van der Waals surface area contributed by atoms with E-state index in [1.807, 2.05) is 24.7 Å². The molecule has 0 radical (unpaired) electrons. The van der Waals surface area contributed by atoms with E-state index >= 15 is 0 Å². The van der Waals surface area contributed by atoms with Gasteiger partial charge in [-0.15, -0.1) is 12.4 Å². The van der Waals surface area contributed by atoms with Gasteiger partial charge in [0.1, 0.15) is 15.5 Å². The first kappa shape index (κ1) is 20.9. The molecule has 7 nitrogen and oxygen atoms in total. The Labute approximate surface area is 149 Å². The van der Waals surface area contributed by atoms with E-state index in [0.29, 0.717) is 12.1 Å². The Bertz CT molecular complexity index is 651. The van der Waals surface area contributed by atoms with Crippen molar-refractivity contribution in [3.05, 3.63) is 18.0 Å². The maximum absolute atomic E-state index is 12.3. The van der Waals surface area contributed by atoms with Gasteiger partial charge in [-0.1, -0.05) is 0 Å². The first-order valence-electron chi connectivity index (χ1n) is 7.92. The first-order chi connectivity index (χ1) is 10.7. The Morgan fingerprint density at radius 3 is 2.79 bits per heavy atom. The zero-order valence-corrected chi connectivity index (χ0v) is 16.0. The number of carbonyl (C=O) groups is 1. The van der Waals surface area contributed by atoms with Gasteiger partial charge in [0.15, 0.2) is 0 Å².